The molecular weight excluding hydrogens is 243 g/mol. The number of amides is 2. The number of fused-ring (bicyclic) bond motifs is 1. The van der Waals surface area contributed by atoms with Gasteiger partial charge in [-0.05, 0) is 28.1 Å². The van der Waals surface area contributed by atoms with Crippen LogP contribution in [0, 0.1) is 0 Å². The Morgan fingerprint density at radius 1 is 1.33 bits per heavy atom. The smallest absolute Gasteiger partial charge is 0.244 e. The zero-order valence-electron chi connectivity index (χ0n) is 5.71. The van der Waals surface area contributed by atoms with Gasteiger partial charge < -0.3 is 0 Å². The monoisotopic (exact) mass is 244 g/mol. The number of urea groups is 1. The van der Waals surface area contributed by atoms with E-state index in [1.807, 2.05) is 0 Å². The summed E-state index contributed by atoms with van der Waals surface area (Å²) >= 11 is 8.97. The van der Waals surface area contributed by atoms with Crippen molar-refractivity contribution in [2.45, 2.75) is 0 Å². The molecule has 0 spiro atoms. The van der Waals surface area contributed by atoms with Gasteiger partial charge in [-0.2, -0.15) is 9.98 Å². The van der Waals surface area contributed by atoms with E-state index in [1.165, 1.54) is 0 Å². The molecule has 1 aliphatic heterocycles. The minimum Gasteiger partial charge on any atom is -0.244 e. The van der Waals surface area contributed by atoms with Gasteiger partial charge in [0.2, 0.25) is 0 Å². The fourth-order valence-electron chi connectivity index (χ4n) is 0.972. The first-order valence-corrected chi connectivity index (χ1v) is 4.30. The maximum atomic E-state index is 10.8. The SMILES string of the molecule is O=C1N=c2cc(Cl)cc(Br)c2=N1. The molecule has 12 heavy (non-hydrogen) atoms. The van der Waals surface area contributed by atoms with Gasteiger partial charge in [-0.3, -0.25) is 0 Å². The van der Waals surface area contributed by atoms with Crippen molar-refractivity contribution < 1.29 is 4.79 Å². The number of rotatable bonds is 0. The molecule has 0 saturated carbocycles. The Bertz CT molecular complexity index is 483. The summed E-state index contributed by atoms with van der Waals surface area (Å²) in [4.78, 5) is 18.1. The zero-order valence-corrected chi connectivity index (χ0v) is 8.06. The highest BCUT2D eigenvalue weighted by atomic mass is 79.9. The van der Waals surface area contributed by atoms with E-state index in [4.69, 9.17) is 11.6 Å². The van der Waals surface area contributed by atoms with Crippen molar-refractivity contribution in [3.63, 3.8) is 0 Å². The van der Waals surface area contributed by atoms with E-state index in [9.17, 15) is 4.79 Å². The van der Waals surface area contributed by atoms with E-state index < -0.39 is 6.03 Å². The number of halogens is 2. The molecule has 0 aromatic heterocycles. The molecule has 0 unspecified atom stereocenters. The Morgan fingerprint density at radius 3 is 2.83 bits per heavy atom. The number of carbonyl (C=O) groups excluding carboxylic acids is 1. The minimum absolute atomic E-state index is 0.479. The molecule has 2 rings (SSSR count). The average Bonchev–Trinajstić information content (AvgIpc) is 2.29. The van der Waals surface area contributed by atoms with Gasteiger partial charge >= 0.3 is 6.03 Å². The molecule has 1 aromatic rings. The van der Waals surface area contributed by atoms with Crippen LogP contribution in [0.4, 0.5) is 4.79 Å². The molecule has 5 heteroatoms. The first-order chi connectivity index (χ1) is 5.66. The van der Waals surface area contributed by atoms with Gasteiger partial charge in [-0.1, -0.05) is 11.6 Å². The fraction of sp³-hybridized carbons (Fsp3) is 0. The second-order valence-corrected chi connectivity index (χ2v) is 3.55. The number of benzene rings is 1. The van der Waals surface area contributed by atoms with Crippen LogP contribution < -0.4 is 10.7 Å². The highest BCUT2D eigenvalue weighted by Gasteiger charge is 2.08. The van der Waals surface area contributed by atoms with Crippen LogP contribution in [0.25, 0.3) is 0 Å². The van der Waals surface area contributed by atoms with Crippen molar-refractivity contribution >= 4 is 33.6 Å². The van der Waals surface area contributed by atoms with E-state index in [0.29, 0.717) is 20.2 Å². The second-order valence-electron chi connectivity index (χ2n) is 2.26. The van der Waals surface area contributed by atoms with E-state index >= 15 is 0 Å². The number of nitrogens with zero attached hydrogens (tertiary/aromatic N) is 2. The van der Waals surface area contributed by atoms with E-state index in [-0.39, 0.29) is 0 Å². The Kier molecular flexibility index (Phi) is 1.73. The third-order valence-electron chi connectivity index (χ3n) is 1.43. The summed E-state index contributed by atoms with van der Waals surface area (Å²) < 4.78 is 0.694. The molecule has 0 fully saturated rings. The summed E-state index contributed by atoms with van der Waals surface area (Å²) in [5.41, 5.74) is 0. The lowest BCUT2D eigenvalue weighted by atomic mass is 10.3. The first-order valence-electron chi connectivity index (χ1n) is 3.13. The maximum Gasteiger partial charge on any atom is 0.368 e. The van der Waals surface area contributed by atoms with E-state index in [0.717, 1.165) is 0 Å². The lowest BCUT2D eigenvalue weighted by Gasteiger charge is -1.89. The van der Waals surface area contributed by atoms with Crippen LogP contribution in [-0.2, 0) is 0 Å². The maximum absolute atomic E-state index is 10.8. The van der Waals surface area contributed by atoms with Crippen molar-refractivity contribution in [1.29, 1.82) is 0 Å². The summed E-state index contributed by atoms with van der Waals surface area (Å²) in [6, 6.07) is 2.81. The van der Waals surface area contributed by atoms with Crippen molar-refractivity contribution in [3.05, 3.63) is 32.3 Å². The molecule has 0 N–H and O–H groups in total. The number of hydrogen-bond donors (Lipinski definition) is 0. The van der Waals surface area contributed by atoms with Gasteiger partial charge in [0.15, 0.2) is 0 Å². The summed E-state index contributed by atoms with van der Waals surface area (Å²) in [7, 11) is 0. The third kappa shape index (κ3) is 1.17. The van der Waals surface area contributed by atoms with Crippen LogP contribution in [0.5, 0.6) is 0 Å². The zero-order chi connectivity index (χ0) is 8.72. The van der Waals surface area contributed by atoms with Crippen LogP contribution in [0.1, 0.15) is 0 Å². The van der Waals surface area contributed by atoms with E-state index in [1.54, 1.807) is 12.1 Å². The second kappa shape index (κ2) is 2.64. The van der Waals surface area contributed by atoms with Gasteiger partial charge in [0, 0.05) is 9.50 Å². The van der Waals surface area contributed by atoms with Crippen LogP contribution in [0.3, 0.4) is 0 Å². The molecule has 0 radical (unpaired) electrons. The van der Waals surface area contributed by atoms with Gasteiger partial charge in [-0.15, -0.1) is 0 Å². The quantitative estimate of drug-likeness (QED) is 0.682. The van der Waals surface area contributed by atoms with Crippen molar-refractivity contribution in [2.75, 3.05) is 0 Å². The molecule has 2 amide bonds. The molecular formula is C7H2BrClN2O. The predicted molar refractivity (Wildman–Crippen MR) is 46.9 cm³/mol. The number of hydrogen-bond acceptors (Lipinski definition) is 1. The van der Waals surface area contributed by atoms with Crippen molar-refractivity contribution in [1.82, 2.24) is 0 Å². The van der Waals surface area contributed by atoms with Crippen molar-refractivity contribution in [2.24, 2.45) is 9.98 Å². The fourth-order valence-corrected chi connectivity index (χ4v) is 1.85. The summed E-state index contributed by atoms with van der Waals surface area (Å²) in [6.45, 7) is 0. The molecule has 1 heterocycles. The van der Waals surface area contributed by atoms with Crippen LogP contribution in [0.2, 0.25) is 5.02 Å². The van der Waals surface area contributed by atoms with Gasteiger partial charge in [0.25, 0.3) is 0 Å². The molecule has 0 aliphatic carbocycles. The van der Waals surface area contributed by atoms with Gasteiger partial charge in [0.05, 0.1) is 5.36 Å². The average molecular weight is 245 g/mol. The molecule has 1 aromatic carbocycles. The molecule has 0 saturated heterocycles. The summed E-state index contributed by atoms with van der Waals surface area (Å²) in [6.07, 6.45) is 0. The van der Waals surface area contributed by atoms with Gasteiger partial charge in [0.1, 0.15) is 5.36 Å². The highest BCUT2D eigenvalue weighted by molar-refractivity contribution is 9.10. The van der Waals surface area contributed by atoms with Crippen molar-refractivity contribution in [3.8, 4) is 0 Å². The first kappa shape index (κ1) is 7.89. The molecule has 0 atom stereocenters. The van der Waals surface area contributed by atoms with Crippen LogP contribution in [-0.4, -0.2) is 6.03 Å². The van der Waals surface area contributed by atoms with Gasteiger partial charge in [-0.25, -0.2) is 4.79 Å². The molecule has 3 nitrogen and oxygen atoms in total. The largest absolute Gasteiger partial charge is 0.368 e. The van der Waals surface area contributed by atoms with E-state index in [2.05, 4.69) is 25.9 Å². The standard InChI is InChI=1S/C7H2BrClN2O/c8-4-1-3(9)2-5-6(4)11-7(12)10-5/h1-2H. The molecule has 0 bridgehead atoms. The highest BCUT2D eigenvalue weighted by Crippen LogP contribution is 2.10. The molecule has 1 aliphatic rings. The third-order valence-corrected chi connectivity index (χ3v) is 2.25. The Labute approximate surface area is 80.9 Å². The number of carbonyl (C=O) groups is 1. The lowest BCUT2D eigenvalue weighted by molar-refractivity contribution is 0.256. The minimum atomic E-state index is -0.479. The van der Waals surface area contributed by atoms with Crippen LogP contribution in [0.15, 0.2) is 26.6 Å². The molecule has 60 valence electrons. The predicted octanol–water partition coefficient (Wildman–Crippen LogP) is 1.48. The Balaban J connectivity index is 2.95. The Morgan fingerprint density at radius 2 is 2.08 bits per heavy atom. The summed E-state index contributed by atoms with van der Waals surface area (Å²) in [5.74, 6) is 0. The normalized spacial score (nSPS) is 13.7. The lowest BCUT2D eigenvalue weighted by Crippen LogP contribution is -2.22. The Hall–Kier alpha value is -0.740. The van der Waals surface area contributed by atoms with Crippen LogP contribution >= 0.6 is 27.5 Å². The topological polar surface area (TPSA) is 41.8 Å². The summed E-state index contributed by atoms with van der Waals surface area (Å²) in [5, 5.41) is 1.62.